The molecule has 0 spiro atoms. The van der Waals surface area contributed by atoms with Crippen LogP contribution in [-0.4, -0.2) is 124 Å². The SMILES string of the molecule is COC(=O)N1CCC(CN2C[C@@H](c3ccccc3)N(C3CCN(C4(C)CCN(C(=O)c5c(C)ncnc5C)CC4)CC3)C2=O)CC1. The Bertz CT molecular complexity index is 1380. The van der Waals surface area contributed by atoms with Gasteiger partial charge in [-0.25, -0.2) is 19.6 Å². The van der Waals surface area contributed by atoms with E-state index in [1.165, 1.54) is 19.0 Å². The van der Waals surface area contributed by atoms with Gasteiger partial charge in [-0.2, -0.15) is 0 Å². The Balaban J connectivity index is 1.07. The average Bonchev–Trinajstić information content (AvgIpc) is 3.40. The molecule has 6 rings (SSSR count). The van der Waals surface area contributed by atoms with E-state index in [1.807, 2.05) is 24.8 Å². The van der Waals surface area contributed by atoms with E-state index in [0.717, 1.165) is 82.6 Å². The van der Waals surface area contributed by atoms with Crippen molar-refractivity contribution in [2.45, 2.75) is 76.9 Å². The van der Waals surface area contributed by atoms with E-state index in [4.69, 9.17) is 4.74 Å². The van der Waals surface area contributed by atoms with Gasteiger partial charge in [-0.15, -0.1) is 0 Å². The molecule has 0 bridgehead atoms. The van der Waals surface area contributed by atoms with Gasteiger partial charge in [0.15, 0.2) is 0 Å². The predicted octanol–water partition coefficient (Wildman–Crippen LogP) is 4.51. The number of aromatic nitrogens is 2. The van der Waals surface area contributed by atoms with Crippen molar-refractivity contribution in [1.29, 1.82) is 0 Å². The lowest BCUT2D eigenvalue weighted by Crippen LogP contribution is -2.58. The van der Waals surface area contributed by atoms with E-state index in [-0.39, 0.29) is 35.7 Å². The lowest BCUT2D eigenvalue weighted by molar-refractivity contribution is 0.00487. The second-order valence-corrected chi connectivity index (χ2v) is 13.8. The first-order valence-electron chi connectivity index (χ1n) is 17.0. The molecule has 11 nitrogen and oxygen atoms in total. The molecule has 11 heteroatoms. The Morgan fingerprint density at radius 2 is 1.52 bits per heavy atom. The summed E-state index contributed by atoms with van der Waals surface area (Å²) in [5.74, 6) is 0.414. The van der Waals surface area contributed by atoms with Gasteiger partial charge in [-0.05, 0) is 70.8 Å². The quantitative estimate of drug-likeness (QED) is 0.462. The van der Waals surface area contributed by atoms with Crippen molar-refractivity contribution < 1.29 is 19.1 Å². The highest BCUT2D eigenvalue weighted by atomic mass is 16.5. The number of methoxy groups -OCH3 is 1. The number of rotatable bonds is 6. The minimum absolute atomic E-state index is 0.0258. The van der Waals surface area contributed by atoms with Crippen LogP contribution in [0.2, 0.25) is 0 Å². The first-order valence-corrected chi connectivity index (χ1v) is 17.0. The fourth-order valence-electron chi connectivity index (χ4n) is 8.17. The number of benzene rings is 1. The normalized spacial score (nSPS) is 23.2. The third-order valence-corrected chi connectivity index (χ3v) is 11.1. The Morgan fingerprint density at radius 3 is 2.13 bits per heavy atom. The second kappa shape index (κ2) is 13.6. The van der Waals surface area contributed by atoms with Crippen molar-refractivity contribution >= 4 is 18.0 Å². The largest absolute Gasteiger partial charge is 0.453 e. The van der Waals surface area contributed by atoms with Gasteiger partial charge in [0, 0.05) is 63.9 Å². The highest BCUT2D eigenvalue weighted by Crippen LogP contribution is 2.38. The molecule has 1 aromatic carbocycles. The van der Waals surface area contributed by atoms with Crippen LogP contribution in [-0.2, 0) is 4.74 Å². The van der Waals surface area contributed by atoms with E-state index in [0.29, 0.717) is 31.1 Å². The minimum atomic E-state index is -0.266. The molecule has 1 aromatic heterocycles. The van der Waals surface area contributed by atoms with E-state index < -0.39 is 0 Å². The number of carbonyl (C=O) groups excluding carboxylic acids is 3. The van der Waals surface area contributed by atoms with Crippen LogP contribution in [0, 0.1) is 19.8 Å². The van der Waals surface area contributed by atoms with Crippen molar-refractivity contribution in [2.24, 2.45) is 5.92 Å². The molecule has 4 amide bonds. The fourth-order valence-corrected chi connectivity index (χ4v) is 8.17. The van der Waals surface area contributed by atoms with Crippen molar-refractivity contribution in [2.75, 3.05) is 59.5 Å². The highest BCUT2D eigenvalue weighted by molar-refractivity contribution is 5.96. The molecule has 0 saturated carbocycles. The number of likely N-dealkylation sites (tertiary alicyclic amines) is 3. The zero-order valence-corrected chi connectivity index (χ0v) is 27.9. The second-order valence-electron chi connectivity index (χ2n) is 13.8. The summed E-state index contributed by atoms with van der Waals surface area (Å²) >= 11 is 0. The maximum absolute atomic E-state index is 14.1. The predicted molar refractivity (Wildman–Crippen MR) is 174 cm³/mol. The molecule has 46 heavy (non-hydrogen) atoms. The molecule has 0 unspecified atom stereocenters. The van der Waals surface area contributed by atoms with Gasteiger partial charge >= 0.3 is 12.1 Å². The fraction of sp³-hybridized carbons (Fsp3) is 0.629. The maximum Gasteiger partial charge on any atom is 0.409 e. The van der Waals surface area contributed by atoms with E-state index >= 15 is 0 Å². The summed E-state index contributed by atoms with van der Waals surface area (Å²) < 4.78 is 4.90. The zero-order chi connectivity index (χ0) is 32.4. The van der Waals surface area contributed by atoms with Crippen molar-refractivity contribution in [3.8, 4) is 0 Å². The summed E-state index contributed by atoms with van der Waals surface area (Å²) in [6, 6.07) is 10.8. The standard InChI is InChI=1S/C35H49N7O4/c1-25-31(26(2)37-24-36-25)32(43)38-20-14-35(3,15-21-38)41-18-12-29(13-19-41)42-30(28-8-6-5-7-9-28)23-40(33(42)44)22-27-10-16-39(17-11-27)34(45)46-4/h5-9,24,27,29-30H,10-23H2,1-4H3/t30-/m0/s1. The van der Waals surface area contributed by atoms with Crippen LogP contribution in [0.4, 0.5) is 9.59 Å². The molecule has 4 aliphatic rings. The highest BCUT2D eigenvalue weighted by Gasteiger charge is 2.45. The van der Waals surface area contributed by atoms with Crippen molar-refractivity contribution in [3.05, 3.63) is 59.2 Å². The topological polar surface area (TPSA) is 102 Å². The number of nitrogens with zero attached hydrogens (tertiary/aromatic N) is 7. The monoisotopic (exact) mass is 631 g/mol. The number of hydrogen-bond donors (Lipinski definition) is 0. The van der Waals surface area contributed by atoms with Crippen LogP contribution in [0.15, 0.2) is 36.7 Å². The summed E-state index contributed by atoms with van der Waals surface area (Å²) in [4.78, 5) is 58.5. The summed E-state index contributed by atoms with van der Waals surface area (Å²) in [5.41, 5.74) is 3.33. The van der Waals surface area contributed by atoms with Gasteiger partial charge in [-0.3, -0.25) is 9.69 Å². The molecule has 4 aliphatic heterocycles. The van der Waals surface area contributed by atoms with E-state index in [1.54, 1.807) is 4.90 Å². The summed E-state index contributed by atoms with van der Waals surface area (Å²) in [7, 11) is 1.43. The molecule has 5 heterocycles. The Kier molecular flexibility index (Phi) is 9.49. The Labute approximate surface area is 272 Å². The van der Waals surface area contributed by atoms with Gasteiger partial charge in [0.2, 0.25) is 0 Å². The van der Waals surface area contributed by atoms with Crippen LogP contribution in [0.5, 0.6) is 0 Å². The molecular formula is C35H49N7O4. The number of hydrogen-bond acceptors (Lipinski definition) is 7. The molecule has 0 N–H and O–H groups in total. The molecule has 4 saturated heterocycles. The smallest absolute Gasteiger partial charge is 0.409 e. The first kappa shape index (κ1) is 32.2. The van der Waals surface area contributed by atoms with E-state index in [9.17, 15) is 14.4 Å². The van der Waals surface area contributed by atoms with Crippen LogP contribution >= 0.6 is 0 Å². The Hall–Kier alpha value is -3.73. The third kappa shape index (κ3) is 6.43. The van der Waals surface area contributed by atoms with Crippen molar-refractivity contribution in [3.63, 3.8) is 0 Å². The molecule has 2 aromatic rings. The van der Waals surface area contributed by atoms with Crippen LogP contribution in [0.3, 0.4) is 0 Å². The van der Waals surface area contributed by atoms with Gasteiger partial charge < -0.3 is 24.3 Å². The molecule has 0 aliphatic carbocycles. The first-order chi connectivity index (χ1) is 22.2. The number of ether oxygens (including phenoxy) is 1. The molecule has 1 atom stereocenters. The number of aryl methyl sites for hydroxylation is 2. The number of carbonyl (C=O) groups is 3. The van der Waals surface area contributed by atoms with Crippen LogP contribution in [0.1, 0.15) is 78.8 Å². The number of amides is 4. The zero-order valence-electron chi connectivity index (χ0n) is 27.9. The third-order valence-electron chi connectivity index (χ3n) is 11.1. The lowest BCUT2D eigenvalue weighted by Gasteiger charge is -2.50. The van der Waals surface area contributed by atoms with Gasteiger partial charge in [0.1, 0.15) is 6.33 Å². The molecule has 0 radical (unpaired) electrons. The summed E-state index contributed by atoms with van der Waals surface area (Å²) in [5, 5.41) is 0. The molecular weight excluding hydrogens is 582 g/mol. The van der Waals surface area contributed by atoms with Crippen LogP contribution in [0.25, 0.3) is 0 Å². The van der Waals surface area contributed by atoms with Crippen molar-refractivity contribution in [1.82, 2.24) is 34.5 Å². The minimum Gasteiger partial charge on any atom is -0.453 e. The molecule has 248 valence electrons. The number of urea groups is 1. The van der Waals surface area contributed by atoms with Crippen LogP contribution < -0.4 is 0 Å². The lowest BCUT2D eigenvalue weighted by atomic mass is 9.85. The average molecular weight is 632 g/mol. The van der Waals surface area contributed by atoms with Gasteiger partial charge in [-0.1, -0.05) is 30.3 Å². The molecule has 4 fully saturated rings. The summed E-state index contributed by atoms with van der Waals surface area (Å²) in [6.45, 7) is 12.2. The number of piperidine rings is 3. The summed E-state index contributed by atoms with van der Waals surface area (Å²) in [6.07, 6.45) is 6.75. The Morgan fingerprint density at radius 1 is 0.891 bits per heavy atom. The van der Waals surface area contributed by atoms with E-state index in [2.05, 4.69) is 55.9 Å². The van der Waals surface area contributed by atoms with Gasteiger partial charge in [0.05, 0.1) is 30.1 Å². The maximum atomic E-state index is 14.1. The van der Waals surface area contributed by atoms with Gasteiger partial charge in [0.25, 0.3) is 5.91 Å².